The van der Waals surface area contributed by atoms with Crippen LogP contribution in [0.1, 0.15) is 81.1 Å². The highest BCUT2D eigenvalue weighted by molar-refractivity contribution is 4.75. The zero-order valence-corrected chi connectivity index (χ0v) is 14.3. The van der Waals surface area contributed by atoms with Gasteiger partial charge in [0.15, 0.2) is 0 Å². The Bertz CT molecular complexity index is 174. The highest BCUT2D eigenvalue weighted by atomic mass is 14.3. The van der Waals surface area contributed by atoms with Crippen molar-refractivity contribution in [1.82, 2.24) is 0 Å². The lowest BCUT2D eigenvalue weighted by atomic mass is 9.73. The summed E-state index contributed by atoms with van der Waals surface area (Å²) in [7, 11) is 0. The van der Waals surface area contributed by atoms with E-state index in [9.17, 15) is 0 Å². The van der Waals surface area contributed by atoms with E-state index in [-0.39, 0.29) is 0 Å². The molecular weight excluding hydrogens is 216 g/mol. The van der Waals surface area contributed by atoms with Crippen LogP contribution >= 0.6 is 0 Å². The molecule has 0 fully saturated rings. The highest BCUT2D eigenvalue weighted by Crippen LogP contribution is 2.34. The fraction of sp³-hybridized carbons (Fsp3) is 1.00. The van der Waals surface area contributed by atoms with Crippen molar-refractivity contribution in [2.45, 2.75) is 81.1 Å². The molecule has 0 saturated heterocycles. The second kappa shape index (κ2) is 8.99. The molecule has 0 aromatic heterocycles. The summed E-state index contributed by atoms with van der Waals surface area (Å²) in [4.78, 5) is 0. The molecule has 0 spiro atoms. The van der Waals surface area contributed by atoms with Crippen molar-refractivity contribution in [2.24, 2.45) is 35.5 Å². The summed E-state index contributed by atoms with van der Waals surface area (Å²) in [6.07, 6.45) is 5.46. The summed E-state index contributed by atoms with van der Waals surface area (Å²) in [6.45, 7) is 19.3. The average Bonchev–Trinajstić information content (AvgIpc) is 2.36. The molecule has 0 aliphatic rings. The molecule has 0 aliphatic carbocycles. The van der Waals surface area contributed by atoms with Crippen LogP contribution in [-0.2, 0) is 0 Å². The Morgan fingerprint density at radius 3 is 1.06 bits per heavy atom. The number of hydrogen-bond acceptors (Lipinski definition) is 0. The maximum Gasteiger partial charge on any atom is -0.0389 e. The molecule has 110 valence electrons. The minimum absolute atomic E-state index is 0.859. The quantitative estimate of drug-likeness (QED) is 0.446. The van der Waals surface area contributed by atoms with Crippen molar-refractivity contribution in [3.8, 4) is 0 Å². The van der Waals surface area contributed by atoms with E-state index < -0.39 is 0 Å². The number of rotatable bonds is 9. The predicted octanol–water partition coefficient (Wildman–Crippen LogP) is 6.40. The van der Waals surface area contributed by atoms with E-state index >= 15 is 0 Å². The molecule has 0 heteroatoms. The summed E-state index contributed by atoms with van der Waals surface area (Å²) in [5.41, 5.74) is 0. The van der Waals surface area contributed by atoms with Gasteiger partial charge in [0.05, 0.1) is 0 Å². The van der Waals surface area contributed by atoms with Crippen LogP contribution in [0.4, 0.5) is 0 Å². The van der Waals surface area contributed by atoms with Gasteiger partial charge in [-0.1, -0.05) is 68.2 Å². The highest BCUT2D eigenvalue weighted by Gasteiger charge is 2.25. The van der Waals surface area contributed by atoms with E-state index in [0.29, 0.717) is 0 Å². The van der Waals surface area contributed by atoms with Crippen LogP contribution in [0, 0.1) is 35.5 Å². The van der Waals surface area contributed by atoms with Gasteiger partial charge >= 0.3 is 0 Å². The summed E-state index contributed by atoms with van der Waals surface area (Å²) >= 11 is 0. The standard InChI is InChI=1S/C18H38/c1-9-13(3)11-15(5)17(7)18(8)16(6)12-14(4)10-2/h13-18H,9-12H2,1-8H3. The van der Waals surface area contributed by atoms with Crippen molar-refractivity contribution in [3.05, 3.63) is 0 Å². The van der Waals surface area contributed by atoms with Gasteiger partial charge in [-0.2, -0.15) is 0 Å². The molecule has 0 amide bonds. The van der Waals surface area contributed by atoms with E-state index in [1.54, 1.807) is 0 Å². The van der Waals surface area contributed by atoms with E-state index in [1.807, 2.05) is 0 Å². The molecule has 6 atom stereocenters. The molecule has 0 aromatic carbocycles. The Morgan fingerprint density at radius 1 is 0.556 bits per heavy atom. The Kier molecular flexibility index (Phi) is 8.99. The topological polar surface area (TPSA) is 0 Å². The van der Waals surface area contributed by atoms with Gasteiger partial charge in [0, 0.05) is 0 Å². The van der Waals surface area contributed by atoms with Crippen LogP contribution < -0.4 is 0 Å². The lowest BCUT2D eigenvalue weighted by Crippen LogP contribution is -2.24. The monoisotopic (exact) mass is 254 g/mol. The lowest BCUT2D eigenvalue weighted by molar-refractivity contribution is 0.171. The molecular formula is C18H38. The zero-order chi connectivity index (χ0) is 14.3. The predicted molar refractivity (Wildman–Crippen MR) is 84.8 cm³/mol. The lowest BCUT2D eigenvalue weighted by Gasteiger charge is -2.33. The first-order valence-electron chi connectivity index (χ1n) is 8.33. The summed E-state index contributed by atoms with van der Waals surface area (Å²) in [5, 5.41) is 0. The Hall–Kier alpha value is 0. The number of hydrogen-bond donors (Lipinski definition) is 0. The van der Waals surface area contributed by atoms with Gasteiger partial charge < -0.3 is 0 Å². The van der Waals surface area contributed by atoms with Crippen molar-refractivity contribution in [2.75, 3.05) is 0 Å². The minimum atomic E-state index is 0.859. The van der Waals surface area contributed by atoms with Crippen LogP contribution in [0.5, 0.6) is 0 Å². The van der Waals surface area contributed by atoms with Gasteiger partial charge in [0.2, 0.25) is 0 Å². The van der Waals surface area contributed by atoms with Crippen LogP contribution in [0.2, 0.25) is 0 Å². The fourth-order valence-corrected chi connectivity index (χ4v) is 3.07. The van der Waals surface area contributed by atoms with Crippen LogP contribution in [0.25, 0.3) is 0 Å². The summed E-state index contributed by atoms with van der Waals surface area (Å²) < 4.78 is 0. The molecule has 0 nitrogen and oxygen atoms in total. The average molecular weight is 255 g/mol. The summed E-state index contributed by atoms with van der Waals surface area (Å²) in [5.74, 6) is 5.24. The second-order valence-corrected chi connectivity index (χ2v) is 7.17. The van der Waals surface area contributed by atoms with Crippen molar-refractivity contribution >= 4 is 0 Å². The molecule has 0 aromatic rings. The first-order valence-corrected chi connectivity index (χ1v) is 8.33. The minimum Gasteiger partial charge on any atom is -0.0651 e. The molecule has 0 bridgehead atoms. The molecule has 0 N–H and O–H groups in total. The van der Waals surface area contributed by atoms with Gasteiger partial charge in [0.25, 0.3) is 0 Å². The third kappa shape index (κ3) is 6.25. The first-order chi connectivity index (χ1) is 8.33. The van der Waals surface area contributed by atoms with E-state index in [1.165, 1.54) is 25.7 Å². The third-order valence-electron chi connectivity index (χ3n) is 5.57. The smallest absolute Gasteiger partial charge is 0.0389 e. The molecule has 6 unspecified atom stereocenters. The third-order valence-corrected chi connectivity index (χ3v) is 5.57. The zero-order valence-electron chi connectivity index (χ0n) is 14.3. The summed E-state index contributed by atoms with van der Waals surface area (Å²) in [6, 6.07) is 0. The van der Waals surface area contributed by atoms with Crippen LogP contribution in [-0.4, -0.2) is 0 Å². The first kappa shape index (κ1) is 18.0. The van der Waals surface area contributed by atoms with Gasteiger partial charge in [-0.15, -0.1) is 0 Å². The Balaban J connectivity index is 4.25. The second-order valence-electron chi connectivity index (χ2n) is 7.17. The van der Waals surface area contributed by atoms with Crippen molar-refractivity contribution in [3.63, 3.8) is 0 Å². The molecule has 0 saturated carbocycles. The normalized spacial score (nSPS) is 22.0. The molecule has 0 heterocycles. The SMILES string of the molecule is CCC(C)CC(C)C(C)C(C)C(C)CC(C)CC. The maximum atomic E-state index is 2.48. The fourth-order valence-electron chi connectivity index (χ4n) is 3.07. The van der Waals surface area contributed by atoms with Crippen molar-refractivity contribution < 1.29 is 0 Å². The Labute approximate surface area is 117 Å². The Morgan fingerprint density at radius 2 is 0.833 bits per heavy atom. The van der Waals surface area contributed by atoms with E-state index in [0.717, 1.165) is 35.5 Å². The molecule has 0 aliphatic heterocycles. The van der Waals surface area contributed by atoms with Crippen molar-refractivity contribution in [1.29, 1.82) is 0 Å². The van der Waals surface area contributed by atoms with Gasteiger partial charge in [-0.3, -0.25) is 0 Å². The van der Waals surface area contributed by atoms with Crippen LogP contribution in [0.15, 0.2) is 0 Å². The maximum absolute atomic E-state index is 2.48. The molecule has 0 rings (SSSR count). The van der Waals surface area contributed by atoms with Gasteiger partial charge in [-0.05, 0) is 48.3 Å². The van der Waals surface area contributed by atoms with E-state index in [2.05, 4.69) is 55.4 Å². The largest absolute Gasteiger partial charge is 0.0651 e. The van der Waals surface area contributed by atoms with Gasteiger partial charge in [-0.25, -0.2) is 0 Å². The molecule has 18 heavy (non-hydrogen) atoms. The van der Waals surface area contributed by atoms with E-state index in [4.69, 9.17) is 0 Å². The van der Waals surface area contributed by atoms with Gasteiger partial charge in [0.1, 0.15) is 0 Å². The van der Waals surface area contributed by atoms with Crippen LogP contribution in [0.3, 0.4) is 0 Å². The molecule has 0 radical (unpaired) electrons.